The molecule has 1 N–H and O–H groups in total. The Hall–Kier alpha value is -0.650. The van der Waals surface area contributed by atoms with Gasteiger partial charge in [-0.3, -0.25) is 4.68 Å². The first-order valence-corrected chi connectivity index (χ1v) is 8.31. The fraction of sp³-hybridized carbons (Fsp3) is 0.400. The minimum atomic E-state index is -0.532. The summed E-state index contributed by atoms with van der Waals surface area (Å²) in [5.74, 6) is 0. The maximum absolute atomic E-state index is 10.4. The van der Waals surface area contributed by atoms with Crippen molar-refractivity contribution in [1.82, 2.24) is 9.78 Å². The number of aliphatic hydroxyl groups is 1. The van der Waals surface area contributed by atoms with Crippen molar-refractivity contribution >= 4 is 31.9 Å². The zero-order valence-corrected chi connectivity index (χ0v) is 14.8. The summed E-state index contributed by atoms with van der Waals surface area (Å²) < 4.78 is 3.88. The van der Waals surface area contributed by atoms with Crippen LogP contribution in [0.5, 0.6) is 0 Å². The number of aromatic nitrogens is 2. The maximum Gasteiger partial charge on any atom is 0.0846 e. The fourth-order valence-electron chi connectivity index (χ4n) is 2.21. The zero-order valence-electron chi connectivity index (χ0n) is 11.6. The smallest absolute Gasteiger partial charge is 0.0846 e. The standard InChI is InChI=1S/C15H18Br2N2O/c1-3-13-8-14(19(4-2)18-13)9-15(20)10-5-11(16)7-12(17)6-10/h5-8,15,20H,3-4,9H2,1-2H3. The first-order chi connectivity index (χ1) is 9.53. The van der Waals surface area contributed by atoms with Crippen molar-refractivity contribution in [2.75, 3.05) is 0 Å². The Morgan fingerprint density at radius 1 is 1.15 bits per heavy atom. The molecule has 2 rings (SSSR count). The van der Waals surface area contributed by atoms with Crippen LogP contribution in [0.25, 0.3) is 0 Å². The average molecular weight is 402 g/mol. The van der Waals surface area contributed by atoms with Gasteiger partial charge < -0.3 is 5.11 Å². The lowest BCUT2D eigenvalue weighted by atomic mass is 10.0. The Kier molecular flexibility index (Phi) is 5.41. The van der Waals surface area contributed by atoms with E-state index in [1.165, 1.54) is 0 Å². The summed E-state index contributed by atoms with van der Waals surface area (Å²) in [4.78, 5) is 0. The van der Waals surface area contributed by atoms with E-state index in [2.05, 4.69) is 56.9 Å². The largest absolute Gasteiger partial charge is 0.388 e. The van der Waals surface area contributed by atoms with Gasteiger partial charge in [0.25, 0.3) is 0 Å². The van der Waals surface area contributed by atoms with Crippen LogP contribution in [0.2, 0.25) is 0 Å². The normalized spacial score (nSPS) is 12.7. The zero-order chi connectivity index (χ0) is 14.7. The van der Waals surface area contributed by atoms with Gasteiger partial charge in [-0.05, 0) is 43.2 Å². The quantitative estimate of drug-likeness (QED) is 0.812. The molecule has 1 aromatic heterocycles. The Balaban J connectivity index is 2.22. The molecule has 108 valence electrons. The Morgan fingerprint density at radius 2 is 1.80 bits per heavy atom. The number of benzene rings is 1. The SMILES string of the molecule is CCc1cc(CC(O)c2cc(Br)cc(Br)c2)n(CC)n1. The molecule has 0 spiro atoms. The van der Waals surface area contributed by atoms with Crippen LogP contribution in [-0.2, 0) is 19.4 Å². The highest BCUT2D eigenvalue weighted by molar-refractivity contribution is 9.11. The molecule has 0 aliphatic rings. The molecule has 5 heteroatoms. The van der Waals surface area contributed by atoms with Gasteiger partial charge in [0.15, 0.2) is 0 Å². The third kappa shape index (κ3) is 3.71. The van der Waals surface area contributed by atoms with Gasteiger partial charge in [-0.15, -0.1) is 0 Å². The summed E-state index contributed by atoms with van der Waals surface area (Å²) in [6, 6.07) is 7.94. The topological polar surface area (TPSA) is 38.0 Å². The first-order valence-electron chi connectivity index (χ1n) is 6.73. The lowest BCUT2D eigenvalue weighted by molar-refractivity contribution is 0.175. The van der Waals surface area contributed by atoms with E-state index in [0.717, 1.165) is 38.9 Å². The van der Waals surface area contributed by atoms with Gasteiger partial charge in [0.1, 0.15) is 0 Å². The van der Waals surface area contributed by atoms with Gasteiger partial charge in [0.2, 0.25) is 0 Å². The van der Waals surface area contributed by atoms with E-state index in [4.69, 9.17) is 0 Å². The van der Waals surface area contributed by atoms with E-state index < -0.39 is 6.10 Å². The predicted molar refractivity (Wildman–Crippen MR) is 87.8 cm³/mol. The third-order valence-corrected chi connectivity index (χ3v) is 4.16. The van der Waals surface area contributed by atoms with Crippen LogP contribution in [-0.4, -0.2) is 14.9 Å². The van der Waals surface area contributed by atoms with Crippen molar-refractivity contribution in [3.63, 3.8) is 0 Å². The fourth-order valence-corrected chi connectivity index (χ4v) is 3.54. The maximum atomic E-state index is 10.4. The van der Waals surface area contributed by atoms with Crippen molar-refractivity contribution < 1.29 is 5.11 Å². The molecular weight excluding hydrogens is 384 g/mol. The summed E-state index contributed by atoms with van der Waals surface area (Å²) in [7, 11) is 0. The second kappa shape index (κ2) is 6.87. The molecule has 1 unspecified atom stereocenters. The highest BCUT2D eigenvalue weighted by Gasteiger charge is 2.14. The van der Waals surface area contributed by atoms with Gasteiger partial charge in [-0.2, -0.15) is 5.10 Å². The highest BCUT2D eigenvalue weighted by atomic mass is 79.9. The second-order valence-corrected chi connectivity index (χ2v) is 6.55. The molecule has 20 heavy (non-hydrogen) atoms. The molecule has 1 atom stereocenters. The van der Waals surface area contributed by atoms with Gasteiger partial charge >= 0.3 is 0 Å². The van der Waals surface area contributed by atoms with E-state index in [1.807, 2.05) is 22.9 Å². The average Bonchev–Trinajstić information content (AvgIpc) is 2.79. The van der Waals surface area contributed by atoms with E-state index >= 15 is 0 Å². The minimum Gasteiger partial charge on any atom is -0.388 e. The number of nitrogens with zero attached hydrogens (tertiary/aromatic N) is 2. The van der Waals surface area contributed by atoms with Gasteiger partial charge in [-0.25, -0.2) is 0 Å². The molecule has 1 heterocycles. The van der Waals surface area contributed by atoms with Crippen LogP contribution < -0.4 is 0 Å². The molecule has 1 aromatic carbocycles. The van der Waals surface area contributed by atoms with Crippen LogP contribution in [0.4, 0.5) is 0 Å². The van der Waals surface area contributed by atoms with Crippen molar-refractivity contribution in [1.29, 1.82) is 0 Å². The van der Waals surface area contributed by atoms with Crippen LogP contribution in [0.15, 0.2) is 33.2 Å². The molecule has 0 amide bonds. The van der Waals surface area contributed by atoms with Crippen LogP contribution in [0.3, 0.4) is 0 Å². The first kappa shape index (κ1) is 15.7. The van der Waals surface area contributed by atoms with Crippen molar-refractivity contribution in [3.05, 3.63) is 50.2 Å². The molecule has 0 fully saturated rings. The van der Waals surface area contributed by atoms with Gasteiger partial charge in [-0.1, -0.05) is 38.8 Å². The number of aliphatic hydroxyl groups excluding tert-OH is 1. The molecule has 0 aliphatic heterocycles. The number of halogens is 2. The van der Waals surface area contributed by atoms with Gasteiger partial charge in [0.05, 0.1) is 11.8 Å². The number of rotatable bonds is 5. The summed E-state index contributed by atoms with van der Waals surface area (Å²) in [5, 5.41) is 15.0. The Morgan fingerprint density at radius 3 is 2.35 bits per heavy atom. The van der Waals surface area contributed by atoms with Crippen molar-refractivity contribution in [2.24, 2.45) is 0 Å². The second-order valence-electron chi connectivity index (χ2n) is 4.72. The lowest BCUT2D eigenvalue weighted by Crippen LogP contribution is -2.08. The monoisotopic (exact) mass is 400 g/mol. The summed E-state index contributed by atoms with van der Waals surface area (Å²) >= 11 is 6.90. The minimum absolute atomic E-state index is 0.532. The van der Waals surface area contributed by atoms with E-state index in [-0.39, 0.29) is 0 Å². The molecule has 0 bridgehead atoms. The molecule has 0 aliphatic carbocycles. The van der Waals surface area contributed by atoms with Crippen molar-refractivity contribution in [2.45, 2.75) is 39.3 Å². The van der Waals surface area contributed by atoms with Crippen LogP contribution >= 0.6 is 31.9 Å². The van der Waals surface area contributed by atoms with E-state index in [9.17, 15) is 5.11 Å². The van der Waals surface area contributed by atoms with Gasteiger partial charge in [0, 0.05) is 27.6 Å². The molecule has 3 nitrogen and oxygen atoms in total. The molecule has 0 radical (unpaired) electrons. The van der Waals surface area contributed by atoms with Crippen LogP contribution in [0.1, 0.15) is 36.9 Å². The third-order valence-electron chi connectivity index (χ3n) is 3.25. The molecular formula is C15H18Br2N2O. The van der Waals surface area contributed by atoms with E-state index in [1.54, 1.807) is 0 Å². The number of hydrogen-bond donors (Lipinski definition) is 1. The van der Waals surface area contributed by atoms with Crippen molar-refractivity contribution in [3.8, 4) is 0 Å². The molecule has 0 saturated carbocycles. The van der Waals surface area contributed by atoms with E-state index in [0.29, 0.717) is 6.42 Å². The summed E-state index contributed by atoms with van der Waals surface area (Å²) in [6.07, 6.45) is 0.956. The highest BCUT2D eigenvalue weighted by Crippen LogP contribution is 2.26. The Bertz CT molecular complexity index is 575. The Labute approximate surface area is 136 Å². The molecule has 2 aromatic rings. The lowest BCUT2D eigenvalue weighted by Gasteiger charge is -2.13. The number of aryl methyl sites for hydroxylation is 2. The number of hydrogen-bond acceptors (Lipinski definition) is 2. The summed E-state index contributed by atoms with van der Waals surface area (Å²) in [5.41, 5.74) is 3.05. The summed E-state index contributed by atoms with van der Waals surface area (Å²) in [6.45, 7) is 4.98. The van der Waals surface area contributed by atoms with Crippen LogP contribution in [0, 0.1) is 0 Å². The predicted octanol–water partition coefficient (Wildman–Crippen LogP) is 4.27. The molecule has 0 saturated heterocycles.